The van der Waals surface area contributed by atoms with E-state index in [9.17, 15) is 0 Å². The van der Waals surface area contributed by atoms with Gasteiger partial charge in [-0.1, -0.05) is 6.92 Å². The van der Waals surface area contributed by atoms with Crippen molar-refractivity contribution in [2.24, 2.45) is 0 Å². The molecule has 0 radical (unpaired) electrons. The first-order valence-corrected chi connectivity index (χ1v) is 9.56. The predicted molar refractivity (Wildman–Crippen MR) is 103 cm³/mol. The van der Waals surface area contributed by atoms with E-state index >= 15 is 0 Å². The fraction of sp³-hybridized carbons (Fsp3) is 0.364. The largest absolute Gasteiger partial charge is 0.497 e. The molecule has 2 atom stereocenters. The number of ether oxygens (including phenoxy) is 3. The molecule has 0 aliphatic carbocycles. The SMILES string of the molecule is COc1ccc2[nH]c3c(c2c1)CC1c2cc4c(cc2[C@H](C)CN1C3)OCO4. The first-order chi connectivity index (χ1) is 13.2. The topological polar surface area (TPSA) is 46.7 Å². The molecule has 0 saturated heterocycles. The van der Waals surface area contributed by atoms with Crippen LogP contribution in [0.15, 0.2) is 30.3 Å². The Morgan fingerprint density at radius 2 is 1.93 bits per heavy atom. The molecule has 1 aromatic heterocycles. The standard InChI is InChI=1S/C22H22N2O3/c1-12-9-24-10-19-16(15-5-13(25-2)3-4-18(15)23-19)6-20(24)17-8-22-21(7-14(12)17)26-11-27-22/h3-5,7-8,12,20,23H,6,9-11H2,1-2H3/t12-,20?/m1/s1. The Hall–Kier alpha value is -2.66. The summed E-state index contributed by atoms with van der Waals surface area (Å²) < 4.78 is 16.7. The molecule has 3 aliphatic rings. The van der Waals surface area contributed by atoms with Gasteiger partial charge in [-0.05, 0) is 59.4 Å². The second-order valence-corrected chi connectivity index (χ2v) is 7.88. The molecule has 3 aromatic rings. The number of methoxy groups -OCH3 is 1. The molecule has 4 heterocycles. The summed E-state index contributed by atoms with van der Waals surface area (Å²) in [4.78, 5) is 6.24. The highest BCUT2D eigenvalue weighted by Gasteiger charge is 2.37. The maximum atomic E-state index is 5.67. The lowest BCUT2D eigenvalue weighted by atomic mass is 9.81. The molecule has 0 amide bonds. The third-order valence-corrected chi connectivity index (χ3v) is 6.38. The summed E-state index contributed by atoms with van der Waals surface area (Å²) in [7, 11) is 1.73. The van der Waals surface area contributed by atoms with E-state index in [0.29, 0.717) is 18.8 Å². The molecule has 3 aliphatic heterocycles. The van der Waals surface area contributed by atoms with Gasteiger partial charge in [0.2, 0.25) is 6.79 Å². The number of benzene rings is 2. The van der Waals surface area contributed by atoms with Crippen LogP contribution in [0.1, 0.15) is 41.3 Å². The summed E-state index contributed by atoms with van der Waals surface area (Å²) in [6.07, 6.45) is 1.00. The summed E-state index contributed by atoms with van der Waals surface area (Å²) in [5.41, 5.74) is 6.75. The maximum Gasteiger partial charge on any atom is 0.231 e. The molecule has 0 spiro atoms. The number of hydrogen-bond donors (Lipinski definition) is 1. The van der Waals surface area contributed by atoms with Crippen LogP contribution in [-0.4, -0.2) is 30.3 Å². The minimum atomic E-state index is 0.327. The minimum absolute atomic E-state index is 0.327. The molecule has 138 valence electrons. The van der Waals surface area contributed by atoms with Gasteiger partial charge in [0.05, 0.1) is 7.11 Å². The van der Waals surface area contributed by atoms with E-state index in [1.165, 1.54) is 33.3 Å². The van der Waals surface area contributed by atoms with E-state index in [2.05, 4.69) is 41.1 Å². The number of H-pyrrole nitrogens is 1. The van der Waals surface area contributed by atoms with Crippen LogP contribution in [0.3, 0.4) is 0 Å². The molecule has 2 aromatic carbocycles. The lowest BCUT2D eigenvalue weighted by molar-refractivity contribution is 0.146. The Morgan fingerprint density at radius 3 is 2.74 bits per heavy atom. The van der Waals surface area contributed by atoms with E-state index in [4.69, 9.17) is 14.2 Å². The molecule has 5 nitrogen and oxygen atoms in total. The maximum absolute atomic E-state index is 5.67. The molecule has 0 saturated carbocycles. The van der Waals surface area contributed by atoms with Crippen molar-refractivity contribution in [1.29, 1.82) is 0 Å². The summed E-state index contributed by atoms with van der Waals surface area (Å²) >= 11 is 0. The van der Waals surface area contributed by atoms with E-state index in [0.717, 1.165) is 36.8 Å². The molecular weight excluding hydrogens is 340 g/mol. The number of aromatic amines is 1. The third-order valence-electron chi connectivity index (χ3n) is 6.38. The van der Waals surface area contributed by atoms with Crippen LogP contribution in [0.4, 0.5) is 0 Å². The molecule has 27 heavy (non-hydrogen) atoms. The predicted octanol–water partition coefficient (Wildman–Crippen LogP) is 4.12. The number of rotatable bonds is 1. The van der Waals surface area contributed by atoms with Crippen molar-refractivity contribution >= 4 is 10.9 Å². The van der Waals surface area contributed by atoms with Crippen LogP contribution in [0.5, 0.6) is 17.2 Å². The van der Waals surface area contributed by atoms with Gasteiger partial charge in [-0.2, -0.15) is 0 Å². The van der Waals surface area contributed by atoms with Crippen LogP contribution < -0.4 is 14.2 Å². The summed E-state index contributed by atoms with van der Waals surface area (Å²) in [5, 5.41) is 1.28. The van der Waals surface area contributed by atoms with Crippen LogP contribution >= 0.6 is 0 Å². The first kappa shape index (κ1) is 15.4. The zero-order valence-electron chi connectivity index (χ0n) is 15.5. The number of nitrogens with zero attached hydrogens (tertiary/aromatic N) is 1. The van der Waals surface area contributed by atoms with E-state index in [1.807, 2.05) is 6.07 Å². The van der Waals surface area contributed by atoms with Crippen molar-refractivity contribution in [3.05, 3.63) is 52.7 Å². The Kier molecular flexibility index (Phi) is 3.09. The Bertz CT molecular complexity index is 1070. The zero-order valence-corrected chi connectivity index (χ0v) is 15.5. The molecular formula is C22H22N2O3. The highest BCUT2D eigenvalue weighted by atomic mass is 16.7. The quantitative estimate of drug-likeness (QED) is 0.707. The molecule has 1 N–H and O–H groups in total. The smallest absolute Gasteiger partial charge is 0.231 e. The van der Waals surface area contributed by atoms with Crippen molar-refractivity contribution in [2.45, 2.75) is 31.8 Å². The lowest BCUT2D eigenvalue weighted by Crippen LogP contribution is -2.40. The second kappa shape index (κ2) is 5.42. The van der Waals surface area contributed by atoms with Gasteiger partial charge >= 0.3 is 0 Å². The van der Waals surface area contributed by atoms with E-state index in [-0.39, 0.29) is 0 Å². The highest BCUT2D eigenvalue weighted by Crippen LogP contribution is 2.47. The number of fused-ring (bicyclic) bond motifs is 7. The minimum Gasteiger partial charge on any atom is -0.497 e. The van der Waals surface area contributed by atoms with Crippen molar-refractivity contribution in [3.8, 4) is 17.2 Å². The fourth-order valence-electron chi connectivity index (χ4n) is 5.05. The van der Waals surface area contributed by atoms with Gasteiger partial charge in [0.1, 0.15) is 5.75 Å². The average molecular weight is 362 g/mol. The van der Waals surface area contributed by atoms with Gasteiger partial charge in [0.25, 0.3) is 0 Å². The van der Waals surface area contributed by atoms with Gasteiger partial charge in [0.15, 0.2) is 11.5 Å². The van der Waals surface area contributed by atoms with Crippen molar-refractivity contribution in [1.82, 2.24) is 9.88 Å². The number of nitrogens with one attached hydrogen (secondary N) is 1. The van der Waals surface area contributed by atoms with Gasteiger partial charge < -0.3 is 19.2 Å². The Balaban J connectivity index is 1.49. The van der Waals surface area contributed by atoms with Crippen LogP contribution in [0.25, 0.3) is 10.9 Å². The van der Waals surface area contributed by atoms with E-state index < -0.39 is 0 Å². The molecule has 6 rings (SSSR count). The number of hydrogen-bond acceptors (Lipinski definition) is 4. The van der Waals surface area contributed by atoms with Gasteiger partial charge in [-0.15, -0.1) is 0 Å². The molecule has 1 unspecified atom stereocenters. The lowest BCUT2D eigenvalue weighted by Gasteiger charge is -2.43. The molecule has 0 fully saturated rings. The summed E-state index contributed by atoms with van der Waals surface area (Å²) in [6, 6.07) is 11.1. The molecule has 5 heteroatoms. The Labute approximate surface area is 157 Å². The van der Waals surface area contributed by atoms with Crippen molar-refractivity contribution in [2.75, 3.05) is 20.4 Å². The monoisotopic (exact) mass is 362 g/mol. The zero-order chi connectivity index (χ0) is 18.1. The normalized spacial score (nSPS) is 23.0. The van der Waals surface area contributed by atoms with Crippen molar-refractivity contribution < 1.29 is 14.2 Å². The van der Waals surface area contributed by atoms with Crippen molar-refractivity contribution in [3.63, 3.8) is 0 Å². The van der Waals surface area contributed by atoms with Gasteiger partial charge in [-0.3, -0.25) is 4.90 Å². The number of aromatic nitrogens is 1. The average Bonchev–Trinajstić information content (AvgIpc) is 3.28. The summed E-state index contributed by atoms with van der Waals surface area (Å²) in [6.45, 7) is 4.65. The fourth-order valence-corrected chi connectivity index (χ4v) is 5.05. The van der Waals surface area contributed by atoms with Crippen LogP contribution in [0, 0.1) is 0 Å². The third kappa shape index (κ3) is 2.15. The highest BCUT2D eigenvalue weighted by molar-refractivity contribution is 5.86. The Morgan fingerprint density at radius 1 is 1.11 bits per heavy atom. The van der Waals surface area contributed by atoms with Gasteiger partial charge in [0, 0.05) is 35.7 Å². The van der Waals surface area contributed by atoms with Crippen LogP contribution in [-0.2, 0) is 13.0 Å². The summed E-state index contributed by atoms with van der Waals surface area (Å²) in [5.74, 6) is 3.17. The van der Waals surface area contributed by atoms with Gasteiger partial charge in [-0.25, -0.2) is 0 Å². The second-order valence-electron chi connectivity index (χ2n) is 7.88. The molecule has 0 bridgehead atoms. The van der Waals surface area contributed by atoms with E-state index in [1.54, 1.807) is 7.11 Å². The first-order valence-electron chi connectivity index (χ1n) is 9.56. The van der Waals surface area contributed by atoms with Crippen LogP contribution in [0.2, 0.25) is 0 Å².